The van der Waals surface area contributed by atoms with E-state index in [1.807, 2.05) is 0 Å². The molecule has 0 amide bonds. The Balaban J connectivity index is 1.62. The molecular formula is C24H31ClF2N7O7P. The molecule has 42 heavy (non-hydrogen) atoms. The minimum atomic E-state index is -4.41. The maximum absolute atomic E-state index is 14.5. The highest BCUT2D eigenvalue weighted by Crippen LogP contribution is 2.51. The zero-order valence-corrected chi connectivity index (χ0v) is 24.6. The predicted molar refractivity (Wildman–Crippen MR) is 148 cm³/mol. The average Bonchev–Trinajstić information content (AvgIpc) is 3.45. The number of halogens is 3. The largest absolute Gasteiger partial charge is 0.462 e. The van der Waals surface area contributed by atoms with Crippen molar-refractivity contribution in [3.05, 3.63) is 36.7 Å². The number of carbonyl (C=O) groups excluding carboxylic acids is 1. The zero-order chi connectivity index (χ0) is 30.8. The molecule has 6 atom stereocenters. The number of aromatic nitrogens is 4. The van der Waals surface area contributed by atoms with Crippen LogP contribution in [-0.4, -0.2) is 79.9 Å². The number of aliphatic hydroxyl groups excluding tert-OH is 1. The Morgan fingerprint density at radius 1 is 1.29 bits per heavy atom. The molecule has 5 N–H and O–H groups in total. The monoisotopic (exact) mass is 633 g/mol. The van der Waals surface area contributed by atoms with Crippen LogP contribution in [0.2, 0.25) is 0 Å². The molecule has 0 saturated carbocycles. The molecule has 0 spiro atoms. The van der Waals surface area contributed by atoms with Crippen LogP contribution in [0.1, 0.15) is 27.0 Å². The maximum atomic E-state index is 14.5. The van der Waals surface area contributed by atoms with Gasteiger partial charge in [-0.1, -0.05) is 18.2 Å². The van der Waals surface area contributed by atoms with E-state index in [0.717, 1.165) is 10.9 Å². The second-order valence-electron chi connectivity index (χ2n) is 9.64. The van der Waals surface area contributed by atoms with Crippen LogP contribution in [0.25, 0.3) is 11.2 Å². The lowest BCUT2D eigenvalue weighted by Crippen LogP contribution is -2.48. The molecule has 0 bridgehead atoms. The number of ether oxygens (including phenoxy) is 2. The van der Waals surface area contributed by atoms with Gasteiger partial charge in [0.2, 0.25) is 5.95 Å². The van der Waals surface area contributed by atoms with E-state index in [-0.39, 0.29) is 28.7 Å². The first-order valence-corrected chi connectivity index (χ1v) is 14.7. The van der Waals surface area contributed by atoms with Gasteiger partial charge >= 0.3 is 13.7 Å². The minimum absolute atomic E-state index is 0.00790. The summed E-state index contributed by atoms with van der Waals surface area (Å²) in [7, 11) is -2.86. The Labute approximate surface area is 244 Å². The van der Waals surface area contributed by atoms with Crippen molar-refractivity contribution in [1.29, 1.82) is 0 Å². The Hall–Kier alpha value is -3.14. The van der Waals surface area contributed by atoms with Crippen LogP contribution >= 0.6 is 19.3 Å². The summed E-state index contributed by atoms with van der Waals surface area (Å²) in [5.74, 6) is -0.582. The number of para-hydroxylation sites is 1. The van der Waals surface area contributed by atoms with E-state index in [4.69, 9.17) is 35.9 Å². The van der Waals surface area contributed by atoms with Gasteiger partial charge in [-0.05, 0) is 32.9 Å². The Morgan fingerprint density at radius 3 is 2.60 bits per heavy atom. The second kappa shape index (κ2) is 12.6. The van der Waals surface area contributed by atoms with E-state index >= 15 is 0 Å². The minimum Gasteiger partial charge on any atom is -0.462 e. The summed E-state index contributed by atoms with van der Waals surface area (Å²) in [5.41, 5.74) is 5.97. The molecule has 1 aromatic carbocycles. The Bertz CT molecular complexity index is 1450. The molecule has 3 heterocycles. The van der Waals surface area contributed by atoms with Crippen LogP contribution in [0.3, 0.4) is 0 Å². The third kappa shape index (κ3) is 6.43. The van der Waals surface area contributed by atoms with Crippen LogP contribution in [0.4, 0.5) is 20.5 Å². The number of nitrogen functional groups attached to an aromatic ring is 1. The second-order valence-corrected chi connectivity index (χ2v) is 12.0. The molecule has 18 heteroatoms. The van der Waals surface area contributed by atoms with Crippen molar-refractivity contribution in [3.63, 3.8) is 0 Å². The smallest absolute Gasteiger partial charge is 0.459 e. The maximum Gasteiger partial charge on any atom is 0.459 e. The lowest BCUT2D eigenvalue weighted by Gasteiger charge is -2.29. The van der Waals surface area contributed by atoms with E-state index < -0.39 is 62.2 Å². The van der Waals surface area contributed by atoms with Gasteiger partial charge in [-0.25, -0.2) is 18.3 Å². The fourth-order valence-corrected chi connectivity index (χ4v) is 6.01. The first-order valence-electron chi connectivity index (χ1n) is 12.7. The highest BCUT2D eigenvalue weighted by molar-refractivity contribution is 7.52. The molecule has 1 aliphatic rings. The van der Waals surface area contributed by atoms with E-state index in [9.17, 15) is 23.2 Å². The number of benzene rings is 1. The van der Waals surface area contributed by atoms with Crippen LogP contribution in [0.5, 0.6) is 5.75 Å². The first kappa shape index (κ1) is 31.8. The fourth-order valence-electron chi connectivity index (χ4n) is 4.21. The molecule has 1 saturated heterocycles. The van der Waals surface area contributed by atoms with Gasteiger partial charge in [-0.15, -0.1) is 11.6 Å². The molecular weight excluding hydrogens is 603 g/mol. The van der Waals surface area contributed by atoms with E-state index in [0.29, 0.717) is 0 Å². The van der Waals surface area contributed by atoms with Gasteiger partial charge in [0.15, 0.2) is 28.1 Å². The number of alkyl halides is 3. The number of carbonyl (C=O) groups is 1. The molecule has 230 valence electrons. The third-order valence-corrected chi connectivity index (χ3v) is 8.40. The van der Waals surface area contributed by atoms with Gasteiger partial charge in [0, 0.05) is 7.05 Å². The van der Waals surface area contributed by atoms with Gasteiger partial charge in [0.25, 0.3) is 6.43 Å². The summed E-state index contributed by atoms with van der Waals surface area (Å²) < 4.78 is 65.9. The summed E-state index contributed by atoms with van der Waals surface area (Å²) in [5, 5.41) is 16.2. The number of anilines is 2. The number of fused-ring (bicyclic) bond motifs is 1. The average molecular weight is 634 g/mol. The lowest BCUT2D eigenvalue weighted by atomic mass is 9.99. The van der Waals surface area contributed by atoms with Crippen LogP contribution < -0.4 is 20.7 Å². The summed E-state index contributed by atoms with van der Waals surface area (Å²) in [4.78, 5) is 21.9. The molecule has 2 aromatic heterocycles. The molecule has 0 unspecified atom stereocenters. The first-order chi connectivity index (χ1) is 19.8. The molecule has 0 radical (unpaired) electrons. The van der Waals surface area contributed by atoms with Gasteiger partial charge < -0.3 is 30.2 Å². The normalized spacial score (nSPS) is 24.6. The topological polar surface area (TPSA) is 185 Å². The number of nitrogens with one attached hydrogen (secondary N) is 2. The number of esters is 1. The number of hydrogen-bond acceptors (Lipinski definition) is 12. The number of imidazole rings is 1. The summed E-state index contributed by atoms with van der Waals surface area (Å²) in [6, 6.07) is 6.73. The van der Waals surface area contributed by atoms with E-state index in [1.165, 1.54) is 19.1 Å². The van der Waals surface area contributed by atoms with E-state index in [2.05, 4.69) is 25.4 Å². The van der Waals surface area contributed by atoms with Crippen molar-refractivity contribution < 1.29 is 41.8 Å². The van der Waals surface area contributed by atoms with Gasteiger partial charge in [0.1, 0.15) is 24.0 Å². The lowest BCUT2D eigenvalue weighted by molar-refractivity contribution is -0.149. The number of aliphatic hydroxyl groups is 1. The summed E-state index contributed by atoms with van der Waals surface area (Å²) in [6.45, 7) is 3.92. The SMILES string of the molecule is CNc1nc(N)nc2c1ncn2[C@@H]1O[C@H](CO[P@@](=O)(N[C@@H](C)C(=O)OC(C)C)Oc2ccccc2)[C@@H](O)[C@]1(Cl)C(F)F. The standard InChI is InChI=1S/C24H31ClF2N7O7P/c1-12(2)39-20(36)13(3)33-42(37,41-14-8-6-5-7-9-14)38-10-15-17(35)24(25,21(26)27)22(40-15)34-11-30-16-18(29-4)31-23(28)32-19(16)34/h5-9,11-13,15,17,21-22,35H,10H2,1-4H3,(H,33,37)(H3,28,29,31,32)/t13-,15+,17+,22+,24-,42-/m0/s1. The number of hydrogen-bond donors (Lipinski definition) is 4. The van der Waals surface area contributed by atoms with Crippen LogP contribution in [-0.2, 0) is 23.4 Å². The zero-order valence-electron chi connectivity index (χ0n) is 23.0. The van der Waals surface area contributed by atoms with Crippen molar-refractivity contribution in [2.75, 3.05) is 24.7 Å². The fraction of sp³-hybridized carbons (Fsp3) is 0.500. The van der Waals surface area contributed by atoms with Crippen molar-refractivity contribution in [3.8, 4) is 5.75 Å². The van der Waals surface area contributed by atoms with Crippen LogP contribution in [0, 0.1) is 0 Å². The molecule has 1 aliphatic heterocycles. The van der Waals surface area contributed by atoms with Crippen LogP contribution in [0.15, 0.2) is 36.7 Å². The summed E-state index contributed by atoms with van der Waals surface area (Å²) >= 11 is 6.38. The number of nitrogens with zero attached hydrogens (tertiary/aromatic N) is 4. The van der Waals surface area contributed by atoms with Crippen molar-refractivity contribution in [1.82, 2.24) is 24.6 Å². The number of rotatable bonds is 12. The molecule has 3 aromatic rings. The van der Waals surface area contributed by atoms with Crippen molar-refractivity contribution in [2.45, 2.75) is 62.7 Å². The third-order valence-electron chi connectivity index (χ3n) is 6.19. The quantitative estimate of drug-likeness (QED) is 0.130. The number of nitrogens with two attached hydrogens (primary N) is 1. The highest BCUT2D eigenvalue weighted by Gasteiger charge is 2.62. The van der Waals surface area contributed by atoms with Gasteiger partial charge in [0.05, 0.1) is 19.0 Å². The summed E-state index contributed by atoms with van der Waals surface area (Å²) in [6.07, 6.45) is -7.94. The Morgan fingerprint density at radius 2 is 1.98 bits per heavy atom. The molecule has 4 rings (SSSR count). The van der Waals surface area contributed by atoms with Gasteiger partial charge in [-0.3, -0.25) is 13.9 Å². The predicted octanol–water partition coefficient (Wildman–Crippen LogP) is 3.08. The van der Waals surface area contributed by atoms with E-state index in [1.54, 1.807) is 39.1 Å². The molecule has 1 fully saturated rings. The van der Waals surface area contributed by atoms with Crippen molar-refractivity contribution in [2.24, 2.45) is 0 Å². The highest BCUT2D eigenvalue weighted by atomic mass is 35.5. The van der Waals surface area contributed by atoms with Gasteiger partial charge in [-0.2, -0.15) is 15.1 Å². The van der Waals surface area contributed by atoms with Crippen molar-refractivity contribution >= 4 is 48.2 Å². The molecule has 14 nitrogen and oxygen atoms in total. The Kier molecular flexibility index (Phi) is 9.55. The molecule has 0 aliphatic carbocycles.